The van der Waals surface area contributed by atoms with Crippen molar-refractivity contribution in [1.29, 1.82) is 0 Å². The molecule has 28 heavy (non-hydrogen) atoms. The van der Waals surface area contributed by atoms with Gasteiger partial charge in [-0.15, -0.1) is 0 Å². The van der Waals surface area contributed by atoms with Crippen LogP contribution in [0.2, 0.25) is 0 Å². The quantitative estimate of drug-likeness (QED) is 0.563. The number of carbonyl (C=O) groups excluding carboxylic acids is 1. The minimum atomic E-state index is -0.271. The highest BCUT2D eigenvalue weighted by Gasteiger charge is 2.10. The minimum Gasteiger partial charge on any atom is -0.497 e. The van der Waals surface area contributed by atoms with Crippen LogP contribution >= 0.6 is 0 Å². The smallest absolute Gasteiger partial charge is 0.255 e. The number of rotatable bonds is 4. The number of ether oxygens (including phenoxy) is 1. The molecule has 0 spiro atoms. The molecule has 1 N–H and O–H groups in total. The van der Waals surface area contributed by atoms with Crippen molar-refractivity contribution in [2.45, 2.75) is 0 Å². The van der Waals surface area contributed by atoms with Gasteiger partial charge in [0, 0.05) is 22.9 Å². The molecule has 0 bridgehead atoms. The van der Waals surface area contributed by atoms with Crippen LogP contribution in [0, 0.1) is 0 Å². The van der Waals surface area contributed by atoms with Crippen molar-refractivity contribution < 1.29 is 13.9 Å². The molecule has 1 aromatic heterocycles. The molecule has 5 nitrogen and oxygen atoms in total. The van der Waals surface area contributed by atoms with E-state index in [-0.39, 0.29) is 11.3 Å². The van der Waals surface area contributed by atoms with Crippen molar-refractivity contribution in [3.63, 3.8) is 0 Å². The molecule has 0 aliphatic heterocycles. The second-order valence-electron chi connectivity index (χ2n) is 6.23. The molecule has 0 saturated carbocycles. The number of hydrogen-bond donors (Lipinski definition) is 1. The lowest BCUT2D eigenvalue weighted by molar-refractivity contribution is 0.102. The maximum absolute atomic E-state index is 12.6. The summed E-state index contributed by atoms with van der Waals surface area (Å²) in [5, 5.41) is 3.21. The predicted octanol–water partition coefficient (Wildman–Crippen LogP) is 4.72. The van der Waals surface area contributed by atoms with Gasteiger partial charge in [0.05, 0.1) is 12.5 Å². The first-order valence-corrected chi connectivity index (χ1v) is 8.73. The molecule has 0 unspecified atom stereocenters. The number of carbonyl (C=O) groups is 1. The Morgan fingerprint density at radius 2 is 1.68 bits per heavy atom. The van der Waals surface area contributed by atoms with Crippen LogP contribution in [0.1, 0.15) is 10.4 Å². The zero-order valence-electron chi connectivity index (χ0n) is 15.1. The minimum absolute atomic E-state index is 0.166. The fourth-order valence-corrected chi connectivity index (χ4v) is 2.92. The Bertz CT molecular complexity index is 1190. The maximum Gasteiger partial charge on any atom is 0.255 e. The SMILES string of the molecule is COc1ccc(C(=O)Nc2ccc3oc(-c4ccccc4)cc(=O)c3c2)cc1. The Balaban J connectivity index is 1.63. The molecular weight excluding hydrogens is 354 g/mol. The molecule has 3 aromatic carbocycles. The number of fused-ring (bicyclic) bond motifs is 1. The summed E-state index contributed by atoms with van der Waals surface area (Å²) in [5.74, 6) is 0.912. The lowest BCUT2D eigenvalue weighted by Gasteiger charge is -2.08. The average Bonchev–Trinajstić information content (AvgIpc) is 2.74. The Kier molecular flexibility index (Phi) is 4.64. The van der Waals surface area contributed by atoms with Gasteiger partial charge in [-0.25, -0.2) is 0 Å². The third kappa shape index (κ3) is 3.50. The summed E-state index contributed by atoms with van der Waals surface area (Å²) in [6.07, 6.45) is 0. The summed E-state index contributed by atoms with van der Waals surface area (Å²) >= 11 is 0. The third-order valence-corrected chi connectivity index (χ3v) is 4.40. The van der Waals surface area contributed by atoms with E-state index < -0.39 is 0 Å². The standard InChI is InChI=1S/C23H17NO4/c1-27-18-10-7-16(8-11-18)23(26)24-17-9-12-21-19(13-17)20(25)14-22(28-21)15-5-3-2-4-6-15/h2-14H,1H3,(H,24,26). The van der Waals surface area contributed by atoms with E-state index >= 15 is 0 Å². The fraction of sp³-hybridized carbons (Fsp3) is 0.0435. The molecule has 0 saturated heterocycles. The number of methoxy groups -OCH3 is 1. The van der Waals surface area contributed by atoms with Crippen LogP contribution in [0.5, 0.6) is 5.75 Å². The molecule has 4 rings (SSSR count). The van der Waals surface area contributed by atoms with Gasteiger partial charge in [0.1, 0.15) is 17.1 Å². The third-order valence-electron chi connectivity index (χ3n) is 4.40. The molecule has 138 valence electrons. The molecule has 1 amide bonds. The van der Waals surface area contributed by atoms with Crippen molar-refractivity contribution in [3.8, 4) is 17.1 Å². The summed E-state index contributed by atoms with van der Waals surface area (Å²) in [4.78, 5) is 25.0. The van der Waals surface area contributed by atoms with E-state index in [1.54, 1.807) is 49.6 Å². The predicted molar refractivity (Wildman–Crippen MR) is 109 cm³/mol. The maximum atomic E-state index is 12.6. The van der Waals surface area contributed by atoms with E-state index in [0.717, 1.165) is 5.56 Å². The normalized spacial score (nSPS) is 10.6. The van der Waals surface area contributed by atoms with Crippen molar-refractivity contribution in [2.24, 2.45) is 0 Å². The molecule has 0 aliphatic carbocycles. The number of amides is 1. The molecular formula is C23H17NO4. The van der Waals surface area contributed by atoms with Crippen LogP contribution in [0.3, 0.4) is 0 Å². The molecule has 0 radical (unpaired) electrons. The van der Waals surface area contributed by atoms with Crippen molar-refractivity contribution in [3.05, 3.63) is 94.6 Å². The van der Waals surface area contributed by atoms with Crippen LogP contribution in [-0.4, -0.2) is 13.0 Å². The van der Waals surface area contributed by atoms with Gasteiger partial charge in [0.15, 0.2) is 5.43 Å². The molecule has 4 aromatic rings. The highest BCUT2D eigenvalue weighted by atomic mass is 16.5. The van der Waals surface area contributed by atoms with Crippen LogP contribution in [0.4, 0.5) is 5.69 Å². The van der Waals surface area contributed by atoms with E-state index in [1.165, 1.54) is 6.07 Å². The van der Waals surface area contributed by atoms with Gasteiger partial charge < -0.3 is 14.5 Å². The van der Waals surface area contributed by atoms with Gasteiger partial charge in [-0.05, 0) is 42.5 Å². The Hall–Kier alpha value is -3.86. The van der Waals surface area contributed by atoms with Crippen LogP contribution in [-0.2, 0) is 0 Å². The molecule has 0 aliphatic rings. The second kappa shape index (κ2) is 7.40. The van der Waals surface area contributed by atoms with Crippen LogP contribution < -0.4 is 15.5 Å². The summed E-state index contributed by atoms with van der Waals surface area (Å²) in [6.45, 7) is 0. The van der Waals surface area contributed by atoms with Gasteiger partial charge in [0.2, 0.25) is 0 Å². The van der Waals surface area contributed by atoms with Crippen molar-refractivity contribution in [1.82, 2.24) is 0 Å². The topological polar surface area (TPSA) is 68.5 Å². The van der Waals surface area contributed by atoms with E-state index in [0.29, 0.717) is 33.7 Å². The summed E-state index contributed by atoms with van der Waals surface area (Å²) in [7, 11) is 1.57. The largest absolute Gasteiger partial charge is 0.497 e. The molecule has 0 fully saturated rings. The second-order valence-corrected chi connectivity index (χ2v) is 6.23. The average molecular weight is 371 g/mol. The zero-order valence-corrected chi connectivity index (χ0v) is 15.1. The Morgan fingerprint density at radius 3 is 2.39 bits per heavy atom. The molecule has 5 heteroatoms. The van der Waals surface area contributed by atoms with E-state index in [4.69, 9.17) is 9.15 Å². The number of benzene rings is 3. The van der Waals surface area contributed by atoms with Crippen LogP contribution in [0.15, 0.2) is 88.1 Å². The first kappa shape index (κ1) is 17.5. The van der Waals surface area contributed by atoms with E-state index in [9.17, 15) is 9.59 Å². The highest BCUT2D eigenvalue weighted by molar-refractivity contribution is 6.05. The van der Waals surface area contributed by atoms with Gasteiger partial charge in [-0.1, -0.05) is 30.3 Å². The Morgan fingerprint density at radius 1 is 0.929 bits per heavy atom. The highest BCUT2D eigenvalue weighted by Crippen LogP contribution is 2.24. The number of hydrogen-bond acceptors (Lipinski definition) is 4. The molecule has 1 heterocycles. The lowest BCUT2D eigenvalue weighted by Crippen LogP contribution is -2.12. The molecule has 0 atom stereocenters. The van der Waals surface area contributed by atoms with E-state index in [2.05, 4.69) is 5.32 Å². The summed E-state index contributed by atoms with van der Waals surface area (Å²) in [6, 6.07) is 22.7. The van der Waals surface area contributed by atoms with Gasteiger partial charge >= 0.3 is 0 Å². The van der Waals surface area contributed by atoms with E-state index in [1.807, 2.05) is 30.3 Å². The first-order valence-electron chi connectivity index (χ1n) is 8.73. The number of nitrogens with one attached hydrogen (secondary N) is 1. The lowest BCUT2D eigenvalue weighted by atomic mass is 10.1. The first-order chi connectivity index (χ1) is 13.6. The van der Waals surface area contributed by atoms with Crippen molar-refractivity contribution in [2.75, 3.05) is 12.4 Å². The van der Waals surface area contributed by atoms with Gasteiger partial charge in [-0.2, -0.15) is 0 Å². The summed E-state index contributed by atoms with van der Waals surface area (Å²) in [5.41, 5.74) is 2.15. The summed E-state index contributed by atoms with van der Waals surface area (Å²) < 4.78 is 11.0. The van der Waals surface area contributed by atoms with Gasteiger partial charge in [-0.3, -0.25) is 9.59 Å². The zero-order chi connectivity index (χ0) is 19.5. The van der Waals surface area contributed by atoms with Crippen molar-refractivity contribution >= 4 is 22.6 Å². The fourth-order valence-electron chi connectivity index (χ4n) is 2.92. The monoisotopic (exact) mass is 371 g/mol. The van der Waals surface area contributed by atoms with Gasteiger partial charge in [0.25, 0.3) is 5.91 Å². The van der Waals surface area contributed by atoms with Crippen LogP contribution in [0.25, 0.3) is 22.3 Å². The number of anilines is 1. The Labute approximate surface area is 161 Å².